The average Bonchev–Trinajstić information content (AvgIpc) is 3.64. The predicted octanol–water partition coefficient (Wildman–Crippen LogP) is 23.4. The number of hydrogen-bond donors (Lipinski definition) is 1. The van der Waals surface area contributed by atoms with Gasteiger partial charge >= 0.3 is 5.97 Å². The number of nitrogens with one attached hydrogen (secondary N) is 1. The first-order valence-corrected chi connectivity index (χ1v) is 39.1. The molecule has 0 rings (SSSR count). The summed E-state index contributed by atoms with van der Waals surface area (Å²) in [6, 6.07) is -0.883. The van der Waals surface area contributed by atoms with Crippen LogP contribution in [0.25, 0.3) is 0 Å². The number of likely N-dealkylation sites (N-methyl/N-ethyl adjacent to an activating group) is 1. The second-order valence-corrected chi connectivity index (χ2v) is 28.6. The van der Waals surface area contributed by atoms with Gasteiger partial charge in [-0.25, -0.2) is 0 Å². The molecule has 0 aromatic carbocycles. The molecular weight excluding hydrogens is 1070 g/mol. The highest BCUT2D eigenvalue weighted by molar-refractivity contribution is 7.45. The third-order valence-electron chi connectivity index (χ3n) is 17.4. The Hall–Kier alpha value is -1.51. The van der Waals surface area contributed by atoms with Crippen LogP contribution in [0.1, 0.15) is 393 Å². The van der Waals surface area contributed by atoms with E-state index < -0.39 is 20.0 Å². The fraction of sp³-hybridized carbons (Fsp3) is 0.920. The van der Waals surface area contributed by atoms with Crippen molar-refractivity contribution in [2.75, 3.05) is 40.9 Å². The van der Waals surface area contributed by atoms with Crippen molar-refractivity contribution in [2.45, 2.75) is 405 Å². The summed E-state index contributed by atoms with van der Waals surface area (Å²) in [5, 5.41) is 3.05. The number of unbranched alkanes of at least 4 members (excludes halogenated alkanes) is 52. The second kappa shape index (κ2) is 65.4. The topological polar surface area (TPSA) is 114 Å². The van der Waals surface area contributed by atoms with Crippen LogP contribution in [0.4, 0.5) is 0 Å². The highest BCUT2D eigenvalue weighted by atomic mass is 31.2. The van der Waals surface area contributed by atoms with E-state index in [1.165, 1.54) is 302 Å². The third kappa shape index (κ3) is 66.7. The molecule has 0 spiro atoms. The molecule has 0 saturated carbocycles. The Morgan fingerprint density at radius 1 is 0.400 bits per heavy atom. The van der Waals surface area contributed by atoms with E-state index in [0.29, 0.717) is 17.4 Å². The normalized spacial score (nSPS) is 13.5. The molecule has 0 aromatic rings. The number of carbonyl (C=O) groups is 2. The number of phosphoric acid groups is 1. The van der Waals surface area contributed by atoms with Gasteiger partial charge in [0.15, 0.2) is 0 Å². The lowest BCUT2D eigenvalue weighted by molar-refractivity contribution is -0.870. The Labute approximate surface area is 530 Å². The van der Waals surface area contributed by atoms with Crippen molar-refractivity contribution in [1.29, 1.82) is 0 Å². The molecule has 0 aliphatic carbocycles. The molecule has 0 saturated heterocycles. The summed E-state index contributed by atoms with van der Waals surface area (Å²) in [5.41, 5.74) is 0. The van der Waals surface area contributed by atoms with Gasteiger partial charge in [0, 0.05) is 12.8 Å². The summed E-state index contributed by atoms with van der Waals surface area (Å²) >= 11 is 0. The molecule has 0 fully saturated rings. The first-order valence-electron chi connectivity index (χ1n) is 37.6. The molecule has 3 unspecified atom stereocenters. The molecule has 10 heteroatoms. The predicted molar refractivity (Wildman–Crippen MR) is 367 cm³/mol. The number of allylic oxidation sites excluding steroid dienone is 3. The van der Waals surface area contributed by atoms with Crippen molar-refractivity contribution in [3.8, 4) is 0 Å². The van der Waals surface area contributed by atoms with E-state index in [0.717, 1.165) is 57.8 Å². The molecule has 0 aliphatic heterocycles. The number of hydrogen-bond acceptors (Lipinski definition) is 7. The first kappa shape index (κ1) is 83.5. The van der Waals surface area contributed by atoms with Gasteiger partial charge in [0.05, 0.1) is 33.8 Å². The van der Waals surface area contributed by atoms with Crippen molar-refractivity contribution in [3.05, 3.63) is 24.3 Å². The number of carbonyl (C=O) groups excluding carboxylic acids is 2. The van der Waals surface area contributed by atoms with Crippen molar-refractivity contribution in [1.82, 2.24) is 5.32 Å². The van der Waals surface area contributed by atoms with Gasteiger partial charge in [0.25, 0.3) is 7.82 Å². The number of ether oxygens (including phenoxy) is 1. The zero-order valence-electron chi connectivity index (χ0n) is 57.8. The summed E-state index contributed by atoms with van der Waals surface area (Å²) in [6.45, 7) is 6.91. The van der Waals surface area contributed by atoms with Crippen LogP contribution in [0.5, 0.6) is 0 Å². The van der Waals surface area contributed by atoms with Gasteiger partial charge in [-0.1, -0.05) is 347 Å². The van der Waals surface area contributed by atoms with E-state index in [1.807, 2.05) is 33.3 Å². The molecular formula is C75H147N2O7P. The molecule has 0 aromatic heterocycles. The summed E-state index contributed by atoms with van der Waals surface area (Å²) < 4.78 is 30.5. The van der Waals surface area contributed by atoms with Crippen LogP contribution in [-0.2, 0) is 27.9 Å². The number of rotatable bonds is 70. The molecule has 9 nitrogen and oxygen atoms in total. The fourth-order valence-electron chi connectivity index (χ4n) is 11.6. The molecule has 1 amide bonds. The van der Waals surface area contributed by atoms with E-state index in [-0.39, 0.29) is 31.5 Å². The van der Waals surface area contributed by atoms with Gasteiger partial charge in [-0.2, -0.15) is 0 Å². The van der Waals surface area contributed by atoms with Crippen LogP contribution in [0, 0.1) is 0 Å². The molecule has 3 atom stereocenters. The molecule has 504 valence electrons. The minimum Gasteiger partial charge on any atom is -0.756 e. The highest BCUT2D eigenvalue weighted by Crippen LogP contribution is 2.38. The quantitative estimate of drug-likeness (QED) is 0.0212. The standard InChI is InChI=1S/C75H147N2O7P/c1-7-10-13-16-19-22-25-27-29-31-33-35-36-37-38-39-40-42-43-45-47-49-52-55-58-61-64-67-74(78)76-72(71-83-85(80,81)82-70-69-77(4,5)6)73(66-63-60-57-54-51-24-21-18-15-12-9-3)84-75(79)68-65-62-59-56-53-50-48-46-44-41-34-32-30-28-26-23-20-17-14-11-8-2/h27,29,63,66,72-73H,7-26,28,30-62,64-65,67-71H2,1-6H3,(H-,76,78,80,81)/b29-27+,66-63-. The lowest BCUT2D eigenvalue weighted by Crippen LogP contribution is -2.47. The van der Waals surface area contributed by atoms with Crippen LogP contribution in [-0.4, -0.2) is 69.4 Å². The van der Waals surface area contributed by atoms with E-state index in [9.17, 15) is 19.0 Å². The van der Waals surface area contributed by atoms with Gasteiger partial charge in [-0.05, 0) is 57.4 Å². The zero-order valence-corrected chi connectivity index (χ0v) is 58.7. The SMILES string of the molecule is CCCCCCCC/C=C/CCCCCCCCCCCCCCCCCCCC(=O)NC(COP(=O)([O-])OCC[N+](C)(C)C)C(/C=C\CCCCCCCCCCC)OC(=O)CCCCCCCCCCCCCCCCCCCCCCC. The largest absolute Gasteiger partial charge is 0.756 e. The van der Waals surface area contributed by atoms with Crippen LogP contribution >= 0.6 is 7.82 Å². The maximum atomic E-state index is 13.6. The van der Waals surface area contributed by atoms with Gasteiger partial charge in [0.2, 0.25) is 5.91 Å². The minimum absolute atomic E-state index is 0.0176. The van der Waals surface area contributed by atoms with E-state index in [4.69, 9.17) is 13.8 Å². The average molecular weight is 1220 g/mol. The number of nitrogens with zero attached hydrogens (tertiary/aromatic N) is 1. The molecule has 85 heavy (non-hydrogen) atoms. The Balaban J connectivity index is 4.89. The molecule has 1 N–H and O–H groups in total. The zero-order chi connectivity index (χ0) is 62.1. The van der Waals surface area contributed by atoms with Crippen LogP contribution in [0.3, 0.4) is 0 Å². The van der Waals surface area contributed by atoms with Crippen molar-refractivity contribution < 1.29 is 37.3 Å². The Morgan fingerprint density at radius 3 is 1.00 bits per heavy atom. The molecule has 0 radical (unpaired) electrons. The number of esters is 1. The van der Waals surface area contributed by atoms with Crippen molar-refractivity contribution >= 4 is 19.7 Å². The van der Waals surface area contributed by atoms with Gasteiger partial charge in [-0.15, -0.1) is 0 Å². The smallest absolute Gasteiger partial charge is 0.306 e. The summed E-state index contributed by atoms with van der Waals surface area (Å²) in [7, 11) is 1.21. The maximum absolute atomic E-state index is 13.6. The van der Waals surface area contributed by atoms with E-state index in [1.54, 1.807) is 0 Å². The van der Waals surface area contributed by atoms with Gasteiger partial charge < -0.3 is 28.5 Å². The van der Waals surface area contributed by atoms with Crippen molar-refractivity contribution in [3.63, 3.8) is 0 Å². The van der Waals surface area contributed by atoms with Gasteiger partial charge in [0.1, 0.15) is 19.3 Å². The van der Waals surface area contributed by atoms with Crippen LogP contribution in [0.15, 0.2) is 24.3 Å². The monoisotopic (exact) mass is 1220 g/mol. The fourth-order valence-corrected chi connectivity index (χ4v) is 12.3. The highest BCUT2D eigenvalue weighted by Gasteiger charge is 2.27. The number of quaternary nitrogens is 1. The van der Waals surface area contributed by atoms with Crippen LogP contribution in [0.2, 0.25) is 0 Å². The lowest BCUT2D eigenvalue weighted by atomic mass is 10.0. The Kier molecular flexibility index (Phi) is 64.3. The van der Waals surface area contributed by atoms with E-state index >= 15 is 0 Å². The lowest BCUT2D eigenvalue weighted by Gasteiger charge is -2.30. The number of phosphoric ester groups is 1. The maximum Gasteiger partial charge on any atom is 0.306 e. The molecule has 0 heterocycles. The molecule has 0 bridgehead atoms. The van der Waals surface area contributed by atoms with Crippen LogP contribution < -0.4 is 10.2 Å². The summed E-state index contributed by atoms with van der Waals surface area (Å²) in [6.07, 6.45) is 80.3. The molecule has 0 aliphatic rings. The van der Waals surface area contributed by atoms with Crippen molar-refractivity contribution in [2.24, 2.45) is 0 Å². The third-order valence-corrected chi connectivity index (χ3v) is 18.3. The number of amides is 1. The van der Waals surface area contributed by atoms with E-state index in [2.05, 4.69) is 38.2 Å². The second-order valence-electron chi connectivity index (χ2n) is 27.2. The Bertz CT molecular complexity index is 1500. The van der Waals surface area contributed by atoms with Gasteiger partial charge in [-0.3, -0.25) is 14.2 Å². The minimum atomic E-state index is -4.70. The first-order chi connectivity index (χ1) is 41.4. The summed E-state index contributed by atoms with van der Waals surface area (Å²) in [4.78, 5) is 40.2. The Morgan fingerprint density at radius 2 is 0.682 bits per heavy atom. The summed E-state index contributed by atoms with van der Waals surface area (Å²) in [5.74, 6) is -0.515.